The molecule has 0 saturated carbocycles. The van der Waals surface area contributed by atoms with Crippen molar-refractivity contribution in [3.63, 3.8) is 0 Å². The van der Waals surface area contributed by atoms with E-state index in [-0.39, 0.29) is 6.04 Å². The van der Waals surface area contributed by atoms with Crippen LogP contribution in [0.5, 0.6) is 0 Å². The second-order valence-electron chi connectivity index (χ2n) is 8.06. The van der Waals surface area contributed by atoms with Crippen LogP contribution in [-0.4, -0.2) is 65.5 Å². The van der Waals surface area contributed by atoms with Crippen LogP contribution in [0.2, 0.25) is 0 Å². The number of nitrogens with one attached hydrogen (secondary N) is 2. The number of likely N-dealkylation sites (tertiary alicyclic amines) is 1. The topological polar surface area (TPSA) is 79.6 Å². The molecule has 1 aromatic carbocycles. The summed E-state index contributed by atoms with van der Waals surface area (Å²) in [5.41, 5.74) is 1.36. The molecule has 0 radical (unpaired) electrons. The summed E-state index contributed by atoms with van der Waals surface area (Å²) >= 11 is 0. The Morgan fingerprint density at radius 2 is 2.07 bits per heavy atom. The van der Waals surface area contributed by atoms with Crippen LogP contribution in [0, 0.1) is 0 Å². The van der Waals surface area contributed by atoms with Gasteiger partial charge in [-0.05, 0) is 37.9 Å². The van der Waals surface area contributed by atoms with Crippen molar-refractivity contribution in [2.45, 2.75) is 50.9 Å². The number of hydrogen-bond donors (Lipinski definition) is 2. The lowest BCUT2D eigenvalue weighted by Crippen LogP contribution is -2.49. The van der Waals surface area contributed by atoms with Gasteiger partial charge in [-0.15, -0.1) is 0 Å². The van der Waals surface area contributed by atoms with Crippen molar-refractivity contribution in [1.29, 1.82) is 0 Å². The smallest absolute Gasteiger partial charge is 0.191 e. The van der Waals surface area contributed by atoms with Crippen molar-refractivity contribution in [2.24, 2.45) is 4.99 Å². The van der Waals surface area contributed by atoms with Gasteiger partial charge in [0.15, 0.2) is 11.8 Å². The van der Waals surface area contributed by atoms with E-state index >= 15 is 0 Å². The van der Waals surface area contributed by atoms with E-state index in [0.717, 1.165) is 56.6 Å². The maximum Gasteiger partial charge on any atom is 0.191 e. The average molecular weight is 412 g/mol. The lowest BCUT2D eigenvalue weighted by atomic mass is 10.1. The first-order chi connectivity index (χ1) is 14.8. The fourth-order valence-electron chi connectivity index (χ4n) is 4.44. The highest BCUT2D eigenvalue weighted by molar-refractivity contribution is 5.80. The van der Waals surface area contributed by atoms with Crippen LogP contribution in [0.4, 0.5) is 0 Å². The molecule has 2 aromatic rings. The molecule has 2 atom stereocenters. The van der Waals surface area contributed by atoms with Gasteiger partial charge in [-0.3, -0.25) is 9.89 Å². The van der Waals surface area contributed by atoms with E-state index in [9.17, 15) is 0 Å². The van der Waals surface area contributed by atoms with Crippen LogP contribution in [0.25, 0.3) is 0 Å². The standard InChI is InChI=1S/C22H33N7O/c1-23-22(25-18-10-11-21-26-20(16-30-2)27-29(21)15-18)24-14-19(28-12-6-7-13-28)17-8-4-3-5-9-17/h3-5,8-9,18-19H,6-7,10-16H2,1-2H3,(H2,23,24,25). The number of ether oxygens (including phenoxy) is 1. The number of rotatable bonds is 7. The second-order valence-corrected chi connectivity index (χ2v) is 8.06. The van der Waals surface area contributed by atoms with Crippen molar-refractivity contribution in [1.82, 2.24) is 30.3 Å². The maximum absolute atomic E-state index is 5.16. The third-order valence-corrected chi connectivity index (χ3v) is 5.97. The number of guanidine groups is 1. The number of methoxy groups -OCH3 is 1. The number of nitrogens with zero attached hydrogens (tertiary/aromatic N) is 5. The van der Waals surface area contributed by atoms with Gasteiger partial charge in [-0.25, -0.2) is 9.67 Å². The Hall–Kier alpha value is -2.45. The molecular formula is C22H33N7O. The Kier molecular flexibility index (Phi) is 6.96. The molecule has 8 nitrogen and oxygen atoms in total. The molecule has 2 N–H and O–H groups in total. The highest BCUT2D eigenvalue weighted by Gasteiger charge is 2.25. The molecule has 1 saturated heterocycles. The van der Waals surface area contributed by atoms with Gasteiger partial charge in [-0.1, -0.05) is 30.3 Å². The summed E-state index contributed by atoms with van der Waals surface area (Å²) in [6.07, 6.45) is 4.49. The number of aliphatic imine (C=N–C) groups is 1. The van der Waals surface area contributed by atoms with Crippen LogP contribution in [0.3, 0.4) is 0 Å². The molecule has 0 amide bonds. The van der Waals surface area contributed by atoms with E-state index in [1.54, 1.807) is 7.11 Å². The van der Waals surface area contributed by atoms with Crippen molar-refractivity contribution < 1.29 is 4.74 Å². The Balaban J connectivity index is 1.36. The van der Waals surface area contributed by atoms with E-state index < -0.39 is 0 Å². The summed E-state index contributed by atoms with van der Waals surface area (Å²) in [4.78, 5) is 11.6. The molecule has 1 aromatic heterocycles. The molecule has 0 spiro atoms. The molecule has 0 aliphatic carbocycles. The van der Waals surface area contributed by atoms with Crippen LogP contribution < -0.4 is 10.6 Å². The SMILES string of the molecule is CN=C(NCC(c1ccccc1)N1CCCC1)NC1CCc2nc(COC)nn2C1. The average Bonchev–Trinajstić information content (AvgIpc) is 3.43. The predicted molar refractivity (Wildman–Crippen MR) is 117 cm³/mol. The molecule has 2 aliphatic rings. The summed E-state index contributed by atoms with van der Waals surface area (Å²) < 4.78 is 7.16. The van der Waals surface area contributed by atoms with Crippen molar-refractivity contribution in [3.8, 4) is 0 Å². The zero-order valence-electron chi connectivity index (χ0n) is 18.0. The summed E-state index contributed by atoms with van der Waals surface area (Å²) in [6.45, 7) is 4.41. The number of hydrogen-bond acceptors (Lipinski definition) is 5. The third kappa shape index (κ3) is 4.99. The largest absolute Gasteiger partial charge is 0.377 e. The minimum Gasteiger partial charge on any atom is -0.377 e. The van der Waals surface area contributed by atoms with Crippen molar-refractivity contribution in [2.75, 3.05) is 33.8 Å². The Bertz CT molecular complexity index is 829. The second kappa shape index (κ2) is 10.0. The van der Waals surface area contributed by atoms with E-state index in [4.69, 9.17) is 4.74 Å². The minimum atomic E-state index is 0.280. The molecule has 8 heteroatoms. The quantitative estimate of drug-likeness (QED) is 0.534. The molecule has 2 unspecified atom stereocenters. The predicted octanol–water partition coefficient (Wildman–Crippen LogP) is 1.74. The lowest BCUT2D eigenvalue weighted by Gasteiger charge is -2.30. The summed E-state index contributed by atoms with van der Waals surface area (Å²) in [6, 6.07) is 11.4. The first kappa shape index (κ1) is 20.8. The number of fused-ring (bicyclic) bond motifs is 1. The van der Waals surface area contributed by atoms with Crippen LogP contribution in [-0.2, 0) is 24.3 Å². The molecule has 1 fully saturated rings. The Morgan fingerprint density at radius 3 is 2.80 bits per heavy atom. The van der Waals surface area contributed by atoms with E-state index in [1.807, 2.05) is 11.7 Å². The third-order valence-electron chi connectivity index (χ3n) is 5.97. The van der Waals surface area contributed by atoms with Gasteiger partial charge in [0.1, 0.15) is 12.4 Å². The first-order valence-corrected chi connectivity index (χ1v) is 10.9. The van der Waals surface area contributed by atoms with Crippen molar-refractivity contribution >= 4 is 5.96 Å². The van der Waals surface area contributed by atoms with E-state index in [1.165, 1.54) is 18.4 Å². The van der Waals surface area contributed by atoms with Crippen LogP contribution in [0.1, 0.15) is 42.5 Å². The zero-order valence-corrected chi connectivity index (χ0v) is 18.0. The number of aryl methyl sites for hydroxylation is 1. The van der Waals surface area contributed by atoms with Gasteiger partial charge < -0.3 is 15.4 Å². The monoisotopic (exact) mass is 411 g/mol. The molecule has 3 heterocycles. The molecular weight excluding hydrogens is 378 g/mol. The Morgan fingerprint density at radius 1 is 1.27 bits per heavy atom. The van der Waals surface area contributed by atoms with Gasteiger partial charge >= 0.3 is 0 Å². The fourth-order valence-corrected chi connectivity index (χ4v) is 4.44. The van der Waals surface area contributed by atoms with Gasteiger partial charge in [0.2, 0.25) is 0 Å². The fraction of sp³-hybridized carbons (Fsp3) is 0.591. The van der Waals surface area contributed by atoms with E-state index in [2.05, 4.69) is 60.9 Å². The molecule has 0 bridgehead atoms. The van der Waals surface area contributed by atoms with Gasteiger partial charge in [0.05, 0.1) is 12.6 Å². The van der Waals surface area contributed by atoms with Crippen LogP contribution in [0.15, 0.2) is 35.3 Å². The first-order valence-electron chi connectivity index (χ1n) is 10.9. The molecule has 162 valence electrons. The van der Waals surface area contributed by atoms with Crippen molar-refractivity contribution in [3.05, 3.63) is 47.5 Å². The van der Waals surface area contributed by atoms with E-state index in [0.29, 0.717) is 12.6 Å². The lowest BCUT2D eigenvalue weighted by molar-refractivity contribution is 0.177. The Labute approximate surface area is 178 Å². The number of aromatic nitrogens is 3. The highest BCUT2D eigenvalue weighted by Crippen LogP contribution is 2.24. The summed E-state index contributed by atoms with van der Waals surface area (Å²) in [7, 11) is 3.51. The van der Waals surface area contributed by atoms with Gasteiger partial charge in [-0.2, -0.15) is 5.10 Å². The van der Waals surface area contributed by atoms with Gasteiger partial charge in [0.25, 0.3) is 0 Å². The summed E-state index contributed by atoms with van der Waals surface area (Å²) in [5.74, 6) is 2.65. The molecule has 2 aliphatic heterocycles. The van der Waals surface area contributed by atoms with Crippen LogP contribution >= 0.6 is 0 Å². The normalized spacial score (nSPS) is 20.7. The zero-order chi connectivity index (χ0) is 20.8. The highest BCUT2D eigenvalue weighted by atomic mass is 16.5. The maximum atomic E-state index is 5.16. The summed E-state index contributed by atoms with van der Waals surface area (Å²) in [5, 5.41) is 11.7. The number of benzene rings is 1. The molecule has 30 heavy (non-hydrogen) atoms. The van der Waals surface area contributed by atoms with Gasteiger partial charge in [0, 0.05) is 33.2 Å². The molecule has 4 rings (SSSR count). The minimum absolute atomic E-state index is 0.280.